The zero-order chi connectivity index (χ0) is 20.7. The summed E-state index contributed by atoms with van der Waals surface area (Å²) < 4.78 is 12.3. The molecule has 1 amide bonds. The molecule has 1 atom stereocenters. The number of rotatable bonds is 6. The van der Waals surface area contributed by atoms with Gasteiger partial charge in [-0.25, -0.2) is 0 Å². The fourth-order valence-corrected chi connectivity index (χ4v) is 3.99. The number of hydrogen-bond acceptors (Lipinski definition) is 6. The first-order chi connectivity index (χ1) is 13.9. The Bertz CT molecular complexity index is 1240. The second-order valence-corrected chi connectivity index (χ2v) is 7.11. The number of pyridine rings is 1. The predicted molar refractivity (Wildman–Crippen MR) is 105 cm³/mol. The highest BCUT2D eigenvalue weighted by Gasteiger charge is 2.30. The summed E-state index contributed by atoms with van der Waals surface area (Å²) in [6, 6.07) is 8.55. The first kappa shape index (κ1) is 18.9. The summed E-state index contributed by atoms with van der Waals surface area (Å²) in [5, 5.41) is 11.2. The minimum Gasteiger partial charge on any atom is -0.502 e. The van der Waals surface area contributed by atoms with E-state index in [4.69, 9.17) is 14.9 Å². The van der Waals surface area contributed by atoms with Crippen LogP contribution in [0.2, 0.25) is 0 Å². The van der Waals surface area contributed by atoms with Crippen LogP contribution in [0, 0.1) is 0 Å². The molecule has 2 aromatic heterocycles. The third kappa shape index (κ3) is 3.21. The minimum absolute atomic E-state index is 0.00285. The number of primary amides is 1. The fourth-order valence-electron chi connectivity index (χ4n) is 3.99. The molecule has 0 saturated heterocycles. The lowest BCUT2D eigenvalue weighted by molar-refractivity contribution is -0.118. The van der Waals surface area contributed by atoms with Crippen LogP contribution < -0.4 is 16.7 Å². The number of nitrogens with zero attached hydrogens (tertiary/aromatic N) is 1. The molecule has 150 valence electrons. The summed E-state index contributed by atoms with van der Waals surface area (Å²) in [6.45, 7) is 0.516. The van der Waals surface area contributed by atoms with E-state index in [-0.39, 0.29) is 35.7 Å². The minimum atomic E-state index is -0.998. The second-order valence-electron chi connectivity index (χ2n) is 7.11. The van der Waals surface area contributed by atoms with Gasteiger partial charge in [0, 0.05) is 31.7 Å². The number of para-hydroxylation sites is 1. The maximum Gasteiger partial charge on any atom is 0.255 e. The molecular weight excluding hydrogens is 376 g/mol. The van der Waals surface area contributed by atoms with Crippen molar-refractivity contribution in [2.75, 3.05) is 7.11 Å². The van der Waals surface area contributed by atoms with Gasteiger partial charge in [0.05, 0.1) is 11.4 Å². The van der Waals surface area contributed by atoms with Crippen molar-refractivity contribution in [3.63, 3.8) is 0 Å². The Labute approximate surface area is 165 Å². The quantitative estimate of drug-likeness (QED) is 0.648. The molecular formula is C21H20N2O6. The third-order valence-corrected chi connectivity index (χ3v) is 5.21. The molecule has 29 heavy (non-hydrogen) atoms. The van der Waals surface area contributed by atoms with E-state index in [0.29, 0.717) is 6.54 Å². The van der Waals surface area contributed by atoms with Crippen molar-refractivity contribution < 1.29 is 19.1 Å². The lowest BCUT2D eigenvalue weighted by Crippen LogP contribution is -2.27. The van der Waals surface area contributed by atoms with E-state index in [1.807, 2.05) is 18.2 Å². The van der Waals surface area contributed by atoms with Gasteiger partial charge in [0.2, 0.25) is 17.1 Å². The van der Waals surface area contributed by atoms with Gasteiger partial charge in [-0.05, 0) is 23.4 Å². The van der Waals surface area contributed by atoms with Crippen LogP contribution in [0.5, 0.6) is 5.75 Å². The van der Waals surface area contributed by atoms with E-state index in [2.05, 4.69) is 0 Å². The summed E-state index contributed by atoms with van der Waals surface area (Å²) in [7, 11) is 1.43. The number of nitrogens with two attached hydrogens (primary N) is 1. The molecule has 3 aromatic rings. The van der Waals surface area contributed by atoms with Gasteiger partial charge in [-0.3, -0.25) is 14.4 Å². The van der Waals surface area contributed by atoms with Gasteiger partial charge < -0.3 is 24.6 Å². The number of amides is 1. The normalized spacial score (nSPS) is 13.7. The van der Waals surface area contributed by atoms with Crippen molar-refractivity contribution in [1.29, 1.82) is 0 Å². The smallest absolute Gasteiger partial charge is 0.255 e. The monoisotopic (exact) mass is 396 g/mol. The van der Waals surface area contributed by atoms with E-state index in [0.717, 1.165) is 29.0 Å². The zero-order valence-corrected chi connectivity index (χ0v) is 15.8. The number of hydrogen-bond donors (Lipinski definition) is 2. The van der Waals surface area contributed by atoms with E-state index >= 15 is 0 Å². The van der Waals surface area contributed by atoms with Crippen LogP contribution in [-0.2, 0) is 29.1 Å². The first-order valence-corrected chi connectivity index (χ1v) is 9.19. The highest BCUT2D eigenvalue weighted by Crippen LogP contribution is 2.34. The van der Waals surface area contributed by atoms with Crippen LogP contribution in [0.4, 0.5) is 0 Å². The Kier molecular flexibility index (Phi) is 4.71. The van der Waals surface area contributed by atoms with Crippen LogP contribution in [-0.4, -0.2) is 22.7 Å². The predicted octanol–water partition coefficient (Wildman–Crippen LogP) is 1.37. The van der Waals surface area contributed by atoms with Gasteiger partial charge in [-0.2, -0.15) is 0 Å². The zero-order valence-electron chi connectivity index (χ0n) is 15.8. The van der Waals surface area contributed by atoms with Crippen molar-refractivity contribution >= 4 is 16.8 Å². The molecule has 3 heterocycles. The Morgan fingerprint density at radius 2 is 2.14 bits per heavy atom. The molecule has 0 fully saturated rings. The van der Waals surface area contributed by atoms with Gasteiger partial charge in [0.15, 0.2) is 5.76 Å². The Morgan fingerprint density at radius 1 is 1.34 bits per heavy atom. The Morgan fingerprint density at radius 3 is 2.86 bits per heavy atom. The Balaban J connectivity index is 1.98. The average Bonchev–Trinajstić information content (AvgIpc) is 3.12. The van der Waals surface area contributed by atoms with Crippen LogP contribution >= 0.6 is 0 Å². The summed E-state index contributed by atoms with van der Waals surface area (Å²) in [5.74, 6) is -2.33. The largest absolute Gasteiger partial charge is 0.502 e. The number of benzene rings is 1. The molecule has 0 aliphatic carbocycles. The maximum atomic E-state index is 13.2. The number of aryl methyl sites for hydroxylation is 2. The molecule has 8 heteroatoms. The number of carbonyl (C=O) groups is 1. The number of carbonyl (C=O) groups excluding carboxylic acids is 1. The molecule has 0 radical (unpaired) electrons. The highest BCUT2D eigenvalue weighted by atomic mass is 16.5. The van der Waals surface area contributed by atoms with Gasteiger partial charge in [0.1, 0.15) is 12.4 Å². The topological polar surface area (TPSA) is 125 Å². The van der Waals surface area contributed by atoms with Crippen LogP contribution in [0.1, 0.15) is 35.0 Å². The molecule has 4 rings (SSSR count). The molecule has 3 N–H and O–H groups in total. The molecule has 1 aromatic carbocycles. The van der Waals surface area contributed by atoms with Crippen LogP contribution in [0.3, 0.4) is 0 Å². The summed E-state index contributed by atoms with van der Waals surface area (Å²) in [5.41, 5.74) is 6.62. The summed E-state index contributed by atoms with van der Waals surface area (Å²) in [4.78, 5) is 37.2. The van der Waals surface area contributed by atoms with E-state index in [1.54, 1.807) is 10.6 Å². The first-order valence-electron chi connectivity index (χ1n) is 9.19. The standard InChI is InChI=1S/C21H20N2O6/c1-28-10-13-8-16(24)19(26)20(29-13)14(9-17(22)25)15-7-12-4-2-3-11-5-6-23(18(11)12)21(15)27/h2-4,7-8,14,26H,5-6,9-10H2,1H3,(H2,22,25). The molecule has 1 aliphatic heterocycles. The molecule has 8 nitrogen and oxygen atoms in total. The van der Waals surface area contributed by atoms with Crippen molar-refractivity contribution in [2.45, 2.75) is 31.9 Å². The summed E-state index contributed by atoms with van der Waals surface area (Å²) in [6.07, 6.45) is 0.438. The molecule has 0 saturated carbocycles. The number of methoxy groups -OCH3 is 1. The van der Waals surface area contributed by atoms with Crippen molar-refractivity contribution in [2.24, 2.45) is 5.73 Å². The lowest BCUT2D eigenvalue weighted by atomic mass is 9.91. The highest BCUT2D eigenvalue weighted by molar-refractivity contribution is 5.84. The van der Waals surface area contributed by atoms with E-state index in [9.17, 15) is 19.5 Å². The second kappa shape index (κ2) is 7.21. The average molecular weight is 396 g/mol. The van der Waals surface area contributed by atoms with Gasteiger partial charge in [-0.1, -0.05) is 18.2 Å². The van der Waals surface area contributed by atoms with Crippen molar-refractivity contribution in [3.8, 4) is 5.75 Å². The molecule has 0 bridgehead atoms. The molecule has 1 aliphatic rings. The fraction of sp³-hybridized carbons (Fsp3) is 0.286. The van der Waals surface area contributed by atoms with E-state index < -0.39 is 23.0 Å². The molecule has 1 unspecified atom stereocenters. The maximum absolute atomic E-state index is 13.2. The van der Waals surface area contributed by atoms with Crippen molar-refractivity contribution in [1.82, 2.24) is 4.57 Å². The van der Waals surface area contributed by atoms with Gasteiger partial charge >= 0.3 is 0 Å². The third-order valence-electron chi connectivity index (χ3n) is 5.21. The molecule has 0 spiro atoms. The van der Waals surface area contributed by atoms with E-state index in [1.165, 1.54) is 7.11 Å². The van der Waals surface area contributed by atoms with Gasteiger partial charge in [-0.15, -0.1) is 0 Å². The Hall–Kier alpha value is -3.39. The van der Waals surface area contributed by atoms with Crippen LogP contribution in [0.15, 0.2) is 44.3 Å². The van der Waals surface area contributed by atoms with Gasteiger partial charge in [0.25, 0.3) is 5.56 Å². The number of aromatic hydroxyl groups is 1. The summed E-state index contributed by atoms with van der Waals surface area (Å²) >= 11 is 0. The SMILES string of the molecule is COCc1cc(=O)c(O)c(C(CC(N)=O)c2cc3cccc4c3n(c2=O)CC4)o1. The van der Waals surface area contributed by atoms with Crippen LogP contribution in [0.25, 0.3) is 10.9 Å². The number of ether oxygens (including phenoxy) is 1. The van der Waals surface area contributed by atoms with Crippen molar-refractivity contribution in [3.05, 3.63) is 73.6 Å². The lowest BCUT2D eigenvalue weighted by Gasteiger charge is -2.18. The number of aromatic nitrogens is 1.